The van der Waals surface area contributed by atoms with Crippen LogP contribution >= 0.6 is 0 Å². The van der Waals surface area contributed by atoms with Crippen LogP contribution in [0.3, 0.4) is 0 Å². The van der Waals surface area contributed by atoms with Crippen LogP contribution in [-0.4, -0.2) is 19.4 Å². The van der Waals surface area contributed by atoms with Crippen LogP contribution < -0.4 is 16.0 Å². The molecule has 100 valence electrons. The number of nitrogen functional groups attached to an aromatic ring is 1. The van der Waals surface area contributed by atoms with E-state index >= 15 is 0 Å². The zero-order valence-corrected chi connectivity index (χ0v) is 11.1. The molecule has 4 N–H and O–H groups in total. The van der Waals surface area contributed by atoms with E-state index in [1.165, 1.54) is 24.9 Å². The maximum absolute atomic E-state index is 12.2. The lowest BCUT2D eigenvalue weighted by molar-refractivity contribution is 0.260. The summed E-state index contributed by atoms with van der Waals surface area (Å²) in [5, 5.41) is 0. The highest BCUT2D eigenvalue weighted by atomic mass is 32.2. The van der Waals surface area contributed by atoms with Gasteiger partial charge >= 0.3 is 0 Å². The SMILES string of the molecule is CC(NS(=O)(=O)c1cnccc1NN)C1CCC1. The first kappa shape index (κ1) is 13.3. The van der Waals surface area contributed by atoms with E-state index in [2.05, 4.69) is 15.1 Å². The van der Waals surface area contributed by atoms with Crippen LogP contribution in [0.4, 0.5) is 5.69 Å². The first-order chi connectivity index (χ1) is 8.54. The summed E-state index contributed by atoms with van der Waals surface area (Å²) in [6.45, 7) is 1.90. The average molecular weight is 270 g/mol. The van der Waals surface area contributed by atoms with Gasteiger partial charge in [0.05, 0.1) is 5.69 Å². The number of nitrogens with one attached hydrogen (secondary N) is 2. The Morgan fingerprint density at radius 2 is 2.22 bits per heavy atom. The molecule has 0 spiro atoms. The Kier molecular flexibility index (Phi) is 3.84. The van der Waals surface area contributed by atoms with Gasteiger partial charge in [-0.15, -0.1) is 0 Å². The van der Waals surface area contributed by atoms with Crippen molar-refractivity contribution in [1.29, 1.82) is 0 Å². The lowest BCUT2D eigenvalue weighted by Crippen LogP contribution is -2.40. The van der Waals surface area contributed by atoms with Crippen molar-refractivity contribution in [3.63, 3.8) is 0 Å². The van der Waals surface area contributed by atoms with Crippen molar-refractivity contribution >= 4 is 15.7 Å². The molecule has 1 aromatic heterocycles. The van der Waals surface area contributed by atoms with Gasteiger partial charge < -0.3 is 5.43 Å². The number of hydrogen-bond acceptors (Lipinski definition) is 5. The van der Waals surface area contributed by atoms with Gasteiger partial charge in [0.2, 0.25) is 10.0 Å². The minimum Gasteiger partial charge on any atom is -0.323 e. The molecule has 1 saturated carbocycles. The summed E-state index contributed by atoms with van der Waals surface area (Å²) in [5.41, 5.74) is 2.72. The van der Waals surface area contributed by atoms with E-state index in [1.807, 2.05) is 6.92 Å². The Morgan fingerprint density at radius 3 is 2.78 bits per heavy atom. The standard InChI is InChI=1S/C11H18N4O2S/c1-8(9-3-2-4-9)15-18(16,17)11-7-13-6-5-10(11)14-12/h5-9,15H,2-4,12H2,1H3,(H,13,14). The Bertz CT molecular complexity index is 514. The number of hydrogen-bond donors (Lipinski definition) is 3. The molecule has 1 unspecified atom stereocenters. The Hall–Kier alpha value is -1.18. The average Bonchev–Trinajstić information content (AvgIpc) is 2.25. The smallest absolute Gasteiger partial charge is 0.244 e. The van der Waals surface area contributed by atoms with Crippen LogP contribution in [0, 0.1) is 5.92 Å². The fourth-order valence-electron chi connectivity index (χ4n) is 2.06. The van der Waals surface area contributed by atoms with E-state index < -0.39 is 10.0 Å². The summed E-state index contributed by atoms with van der Waals surface area (Å²) in [7, 11) is -3.58. The van der Waals surface area contributed by atoms with Crippen LogP contribution in [0.1, 0.15) is 26.2 Å². The number of pyridine rings is 1. The van der Waals surface area contributed by atoms with E-state index in [1.54, 1.807) is 0 Å². The second-order valence-electron chi connectivity index (χ2n) is 4.62. The maximum atomic E-state index is 12.2. The molecule has 0 saturated heterocycles. The molecule has 1 fully saturated rings. The minimum atomic E-state index is -3.58. The van der Waals surface area contributed by atoms with Crippen molar-refractivity contribution in [3.8, 4) is 0 Å². The lowest BCUT2D eigenvalue weighted by atomic mass is 9.81. The largest absolute Gasteiger partial charge is 0.323 e. The molecule has 1 aliphatic carbocycles. The third kappa shape index (κ3) is 2.63. The highest BCUT2D eigenvalue weighted by Gasteiger charge is 2.28. The molecule has 1 aromatic rings. The van der Waals surface area contributed by atoms with Gasteiger partial charge in [-0.3, -0.25) is 10.8 Å². The van der Waals surface area contributed by atoms with Gasteiger partial charge in [-0.2, -0.15) is 0 Å². The molecule has 1 atom stereocenters. The number of nitrogens with zero attached hydrogens (tertiary/aromatic N) is 1. The molecule has 1 aliphatic rings. The summed E-state index contributed by atoms with van der Waals surface area (Å²) in [4.78, 5) is 3.91. The number of hydrazine groups is 1. The van der Waals surface area contributed by atoms with Gasteiger partial charge in [-0.1, -0.05) is 6.42 Å². The van der Waals surface area contributed by atoms with Crippen molar-refractivity contribution < 1.29 is 8.42 Å². The van der Waals surface area contributed by atoms with Crippen molar-refractivity contribution in [2.24, 2.45) is 11.8 Å². The highest BCUT2D eigenvalue weighted by molar-refractivity contribution is 7.89. The normalized spacial score (nSPS) is 18.1. The predicted octanol–water partition coefficient (Wildman–Crippen LogP) is 0.834. The van der Waals surface area contributed by atoms with Gasteiger partial charge in [0, 0.05) is 18.4 Å². The predicted molar refractivity (Wildman–Crippen MR) is 69.2 cm³/mol. The van der Waals surface area contributed by atoms with E-state index in [9.17, 15) is 8.42 Å². The van der Waals surface area contributed by atoms with Crippen LogP contribution in [0.15, 0.2) is 23.4 Å². The van der Waals surface area contributed by atoms with Crippen LogP contribution in [-0.2, 0) is 10.0 Å². The molecule has 2 rings (SSSR count). The van der Waals surface area contributed by atoms with Gasteiger partial charge in [0.1, 0.15) is 4.90 Å². The number of anilines is 1. The van der Waals surface area contributed by atoms with Crippen molar-refractivity contribution in [2.45, 2.75) is 37.1 Å². The van der Waals surface area contributed by atoms with E-state index in [0.29, 0.717) is 11.6 Å². The monoisotopic (exact) mass is 270 g/mol. The molecule has 0 aromatic carbocycles. The molecule has 0 amide bonds. The number of nitrogens with two attached hydrogens (primary N) is 1. The van der Waals surface area contributed by atoms with Gasteiger partial charge in [0.15, 0.2) is 0 Å². The topological polar surface area (TPSA) is 97.1 Å². The maximum Gasteiger partial charge on any atom is 0.244 e. The molecule has 0 aliphatic heterocycles. The number of rotatable bonds is 5. The second kappa shape index (κ2) is 5.21. The van der Waals surface area contributed by atoms with Crippen molar-refractivity contribution in [1.82, 2.24) is 9.71 Å². The summed E-state index contributed by atoms with van der Waals surface area (Å²) in [6, 6.07) is 1.47. The number of sulfonamides is 1. The summed E-state index contributed by atoms with van der Waals surface area (Å²) in [5.74, 6) is 5.74. The molecule has 6 nitrogen and oxygen atoms in total. The van der Waals surface area contributed by atoms with Crippen molar-refractivity contribution in [2.75, 3.05) is 5.43 Å². The zero-order valence-electron chi connectivity index (χ0n) is 10.3. The zero-order chi connectivity index (χ0) is 13.2. The summed E-state index contributed by atoms with van der Waals surface area (Å²) in [6.07, 6.45) is 6.13. The lowest BCUT2D eigenvalue weighted by Gasteiger charge is -2.31. The number of aromatic nitrogens is 1. The van der Waals surface area contributed by atoms with Gasteiger partial charge in [0.25, 0.3) is 0 Å². The molecule has 18 heavy (non-hydrogen) atoms. The van der Waals surface area contributed by atoms with Gasteiger partial charge in [-0.05, 0) is 31.7 Å². The Morgan fingerprint density at radius 1 is 1.50 bits per heavy atom. The van der Waals surface area contributed by atoms with Crippen LogP contribution in [0.25, 0.3) is 0 Å². The molecule has 1 heterocycles. The summed E-state index contributed by atoms with van der Waals surface area (Å²) < 4.78 is 27.1. The fraction of sp³-hybridized carbons (Fsp3) is 0.545. The molecular weight excluding hydrogens is 252 g/mol. The second-order valence-corrected chi connectivity index (χ2v) is 6.30. The summed E-state index contributed by atoms with van der Waals surface area (Å²) >= 11 is 0. The molecule has 0 bridgehead atoms. The third-order valence-electron chi connectivity index (χ3n) is 3.43. The van der Waals surface area contributed by atoms with Crippen molar-refractivity contribution in [3.05, 3.63) is 18.5 Å². The minimum absolute atomic E-state index is 0.0606. The first-order valence-corrected chi connectivity index (χ1v) is 7.46. The Labute approximate surface area is 107 Å². The highest BCUT2D eigenvalue weighted by Crippen LogP contribution is 2.30. The van der Waals surface area contributed by atoms with Gasteiger partial charge in [-0.25, -0.2) is 13.1 Å². The third-order valence-corrected chi connectivity index (χ3v) is 5.01. The molecule has 7 heteroatoms. The van der Waals surface area contributed by atoms with E-state index in [4.69, 9.17) is 5.84 Å². The first-order valence-electron chi connectivity index (χ1n) is 5.97. The Balaban J connectivity index is 2.19. The fourth-order valence-corrected chi connectivity index (χ4v) is 3.48. The van der Waals surface area contributed by atoms with E-state index in [0.717, 1.165) is 12.8 Å². The molecular formula is C11H18N4O2S. The van der Waals surface area contributed by atoms with Crippen LogP contribution in [0.2, 0.25) is 0 Å². The van der Waals surface area contributed by atoms with E-state index in [-0.39, 0.29) is 10.9 Å². The van der Waals surface area contributed by atoms with Crippen LogP contribution in [0.5, 0.6) is 0 Å². The quantitative estimate of drug-likeness (QED) is 0.544. The molecule has 0 radical (unpaired) electrons.